The number of amides is 2. The first-order chi connectivity index (χ1) is 14.3. The Morgan fingerprint density at radius 1 is 0.933 bits per heavy atom. The first kappa shape index (κ1) is 21.7. The fourth-order valence-electron chi connectivity index (χ4n) is 2.78. The highest BCUT2D eigenvalue weighted by molar-refractivity contribution is 7.93. The SMILES string of the molecule is Cc1cccc(NC(=O)c2ccc(NC(=O)CCS(=O)(=O)c3cccs3)cc2)c1C. The zero-order valence-electron chi connectivity index (χ0n) is 16.6. The molecule has 0 fully saturated rings. The fraction of sp³-hybridized carbons (Fsp3) is 0.182. The normalized spacial score (nSPS) is 11.1. The van der Waals surface area contributed by atoms with Gasteiger partial charge in [-0.25, -0.2) is 8.42 Å². The van der Waals surface area contributed by atoms with Gasteiger partial charge in [0, 0.05) is 23.4 Å². The summed E-state index contributed by atoms with van der Waals surface area (Å²) < 4.78 is 24.6. The maximum atomic E-state index is 12.5. The van der Waals surface area contributed by atoms with Crippen molar-refractivity contribution in [3.8, 4) is 0 Å². The summed E-state index contributed by atoms with van der Waals surface area (Å²) in [6, 6.07) is 15.3. The van der Waals surface area contributed by atoms with Crippen molar-refractivity contribution in [2.24, 2.45) is 0 Å². The summed E-state index contributed by atoms with van der Waals surface area (Å²) in [6.45, 7) is 3.93. The van der Waals surface area contributed by atoms with Crippen molar-refractivity contribution in [3.63, 3.8) is 0 Å². The van der Waals surface area contributed by atoms with Gasteiger partial charge in [0.2, 0.25) is 5.91 Å². The minimum absolute atomic E-state index is 0.144. The first-order valence-electron chi connectivity index (χ1n) is 9.30. The van der Waals surface area contributed by atoms with Gasteiger partial charge in [-0.15, -0.1) is 11.3 Å². The number of rotatable bonds is 7. The highest BCUT2D eigenvalue weighted by Crippen LogP contribution is 2.20. The molecule has 0 saturated heterocycles. The number of hydrogen-bond acceptors (Lipinski definition) is 5. The summed E-state index contributed by atoms with van der Waals surface area (Å²) in [5, 5.41) is 7.23. The number of carbonyl (C=O) groups excluding carboxylic acids is 2. The summed E-state index contributed by atoms with van der Waals surface area (Å²) in [4.78, 5) is 24.6. The molecule has 1 aromatic heterocycles. The van der Waals surface area contributed by atoms with Gasteiger partial charge in [0.05, 0.1) is 5.75 Å². The predicted molar refractivity (Wildman–Crippen MR) is 120 cm³/mol. The van der Waals surface area contributed by atoms with E-state index in [2.05, 4.69) is 10.6 Å². The van der Waals surface area contributed by atoms with Crippen molar-refractivity contribution >= 4 is 44.4 Å². The van der Waals surface area contributed by atoms with Crippen molar-refractivity contribution in [2.75, 3.05) is 16.4 Å². The van der Waals surface area contributed by atoms with E-state index in [0.717, 1.165) is 28.2 Å². The van der Waals surface area contributed by atoms with Crippen LogP contribution in [0, 0.1) is 13.8 Å². The van der Waals surface area contributed by atoms with Crippen LogP contribution in [0.4, 0.5) is 11.4 Å². The maximum Gasteiger partial charge on any atom is 0.255 e. The molecule has 0 unspecified atom stereocenters. The van der Waals surface area contributed by atoms with Gasteiger partial charge < -0.3 is 10.6 Å². The Hall–Kier alpha value is -2.97. The Morgan fingerprint density at radius 3 is 2.33 bits per heavy atom. The lowest BCUT2D eigenvalue weighted by molar-refractivity contribution is -0.115. The topological polar surface area (TPSA) is 92.3 Å². The Morgan fingerprint density at radius 2 is 1.67 bits per heavy atom. The van der Waals surface area contributed by atoms with Crippen LogP contribution in [0.25, 0.3) is 0 Å². The molecule has 0 spiro atoms. The summed E-state index contributed by atoms with van der Waals surface area (Å²) in [7, 11) is -3.45. The zero-order valence-corrected chi connectivity index (χ0v) is 18.3. The van der Waals surface area contributed by atoms with Crippen LogP contribution < -0.4 is 10.6 Å². The summed E-state index contributed by atoms with van der Waals surface area (Å²) >= 11 is 1.13. The van der Waals surface area contributed by atoms with Crippen LogP contribution in [0.15, 0.2) is 64.2 Å². The molecule has 2 amide bonds. The second kappa shape index (κ2) is 9.23. The Kier molecular flexibility index (Phi) is 6.69. The monoisotopic (exact) mass is 442 g/mol. The minimum Gasteiger partial charge on any atom is -0.326 e. The predicted octanol–water partition coefficient (Wildman–Crippen LogP) is 4.42. The average molecular weight is 443 g/mol. The average Bonchev–Trinajstić information content (AvgIpc) is 3.26. The number of aryl methyl sites for hydroxylation is 1. The summed E-state index contributed by atoms with van der Waals surface area (Å²) in [5.74, 6) is -0.901. The van der Waals surface area contributed by atoms with Gasteiger partial charge in [-0.05, 0) is 66.8 Å². The van der Waals surface area contributed by atoms with Crippen molar-refractivity contribution in [2.45, 2.75) is 24.5 Å². The van der Waals surface area contributed by atoms with E-state index >= 15 is 0 Å². The second-order valence-electron chi connectivity index (χ2n) is 6.83. The Bertz CT molecular complexity index is 1150. The number of hydrogen-bond donors (Lipinski definition) is 2. The molecule has 8 heteroatoms. The highest BCUT2D eigenvalue weighted by atomic mass is 32.2. The van der Waals surface area contributed by atoms with Crippen LogP contribution in [0.5, 0.6) is 0 Å². The molecule has 0 aliphatic rings. The van der Waals surface area contributed by atoms with Crippen molar-refractivity contribution < 1.29 is 18.0 Å². The quantitative estimate of drug-likeness (QED) is 0.567. The van der Waals surface area contributed by atoms with E-state index in [0.29, 0.717) is 11.3 Å². The molecule has 6 nitrogen and oxygen atoms in total. The molecular weight excluding hydrogens is 420 g/mol. The van der Waals surface area contributed by atoms with E-state index in [1.165, 1.54) is 6.07 Å². The van der Waals surface area contributed by atoms with Crippen LogP contribution in [-0.2, 0) is 14.6 Å². The van der Waals surface area contributed by atoms with E-state index in [1.54, 1.807) is 35.7 Å². The van der Waals surface area contributed by atoms with Gasteiger partial charge in [0.1, 0.15) is 4.21 Å². The number of benzene rings is 2. The van der Waals surface area contributed by atoms with E-state index in [1.807, 2.05) is 32.0 Å². The molecule has 0 saturated carbocycles. The Balaban J connectivity index is 1.57. The third-order valence-electron chi connectivity index (χ3n) is 4.68. The van der Waals surface area contributed by atoms with Crippen LogP contribution in [-0.4, -0.2) is 26.0 Å². The van der Waals surface area contributed by atoms with Crippen molar-refractivity contribution in [1.82, 2.24) is 0 Å². The lowest BCUT2D eigenvalue weighted by atomic mass is 10.1. The third-order valence-corrected chi connectivity index (χ3v) is 7.89. The van der Waals surface area contributed by atoms with E-state index in [9.17, 15) is 18.0 Å². The number of carbonyl (C=O) groups is 2. The maximum absolute atomic E-state index is 12.5. The van der Waals surface area contributed by atoms with Crippen LogP contribution in [0.3, 0.4) is 0 Å². The van der Waals surface area contributed by atoms with Gasteiger partial charge in [-0.3, -0.25) is 9.59 Å². The number of thiophene rings is 1. The largest absolute Gasteiger partial charge is 0.326 e. The molecule has 156 valence electrons. The molecule has 0 bridgehead atoms. The number of anilines is 2. The molecule has 3 aromatic rings. The molecule has 0 atom stereocenters. The van der Waals surface area contributed by atoms with Crippen LogP contribution in [0.2, 0.25) is 0 Å². The van der Waals surface area contributed by atoms with E-state index < -0.39 is 15.7 Å². The molecular formula is C22H22N2O4S2. The molecule has 0 aliphatic heterocycles. The minimum atomic E-state index is -3.45. The Labute approximate surface area is 179 Å². The van der Waals surface area contributed by atoms with Gasteiger partial charge in [-0.2, -0.15) is 0 Å². The van der Waals surface area contributed by atoms with Crippen molar-refractivity contribution in [1.29, 1.82) is 0 Å². The van der Waals surface area contributed by atoms with E-state index in [4.69, 9.17) is 0 Å². The molecule has 2 aromatic carbocycles. The summed E-state index contributed by atoms with van der Waals surface area (Å²) in [5.41, 5.74) is 3.80. The molecule has 1 heterocycles. The molecule has 30 heavy (non-hydrogen) atoms. The van der Waals surface area contributed by atoms with Crippen LogP contribution >= 0.6 is 11.3 Å². The molecule has 3 rings (SSSR count). The van der Waals surface area contributed by atoms with Gasteiger partial charge >= 0.3 is 0 Å². The van der Waals surface area contributed by atoms with Crippen LogP contribution in [0.1, 0.15) is 27.9 Å². The van der Waals surface area contributed by atoms with Gasteiger partial charge in [-0.1, -0.05) is 18.2 Å². The standard InChI is InChI=1S/C22H22N2O4S2/c1-15-5-3-6-19(16(15)2)24-22(26)17-8-10-18(11-9-17)23-20(25)12-14-30(27,28)21-7-4-13-29-21/h3-11,13H,12,14H2,1-2H3,(H,23,25)(H,24,26). The molecule has 0 radical (unpaired) electrons. The van der Waals surface area contributed by atoms with Gasteiger partial charge in [0.15, 0.2) is 9.84 Å². The van der Waals surface area contributed by atoms with E-state index in [-0.39, 0.29) is 22.3 Å². The molecule has 0 aliphatic carbocycles. The highest BCUT2D eigenvalue weighted by Gasteiger charge is 2.17. The van der Waals surface area contributed by atoms with Gasteiger partial charge in [0.25, 0.3) is 5.91 Å². The molecule has 2 N–H and O–H groups in total. The summed E-state index contributed by atoms with van der Waals surface area (Å²) in [6.07, 6.45) is -0.144. The second-order valence-corrected chi connectivity index (χ2v) is 10.1. The third kappa shape index (κ3) is 5.34. The zero-order chi connectivity index (χ0) is 21.7. The number of sulfone groups is 1. The fourth-order valence-corrected chi connectivity index (χ4v) is 5.17. The first-order valence-corrected chi connectivity index (χ1v) is 11.8. The lowest BCUT2D eigenvalue weighted by Crippen LogP contribution is -2.17. The smallest absolute Gasteiger partial charge is 0.255 e. The van der Waals surface area contributed by atoms with Crippen molar-refractivity contribution in [3.05, 3.63) is 76.7 Å². The number of nitrogens with one attached hydrogen (secondary N) is 2. The lowest BCUT2D eigenvalue weighted by Gasteiger charge is -2.11.